The molecule has 0 radical (unpaired) electrons. The van der Waals surface area contributed by atoms with E-state index < -0.39 is 11.8 Å². The number of thioether (sulfide) groups is 1. The Balaban J connectivity index is 2.03. The Hall–Kier alpha value is -2.12. The zero-order chi connectivity index (χ0) is 18.6. The van der Waals surface area contributed by atoms with Crippen LogP contribution in [0, 0.1) is 0 Å². The maximum Gasteiger partial charge on any atom is 0.289 e. The number of hydrogen-bond donors (Lipinski definition) is 2. The molecular formula is C17H19ClN4O2S. The van der Waals surface area contributed by atoms with Crippen LogP contribution in [0.2, 0.25) is 5.02 Å². The van der Waals surface area contributed by atoms with E-state index in [1.165, 1.54) is 18.0 Å². The molecule has 0 aliphatic rings. The Labute approximate surface area is 155 Å². The van der Waals surface area contributed by atoms with E-state index in [2.05, 4.69) is 41.6 Å². The van der Waals surface area contributed by atoms with Crippen LogP contribution in [0.1, 0.15) is 47.2 Å². The summed E-state index contributed by atoms with van der Waals surface area (Å²) in [6.07, 6.45) is 3.14. The lowest BCUT2D eigenvalue weighted by Gasteiger charge is -2.19. The first-order chi connectivity index (χ1) is 11.7. The quantitative estimate of drug-likeness (QED) is 0.486. The average Bonchev–Trinajstić information content (AvgIpc) is 2.59. The van der Waals surface area contributed by atoms with Crippen molar-refractivity contribution in [2.45, 2.75) is 31.3 Å². The summed E-state index contributed by atoms with van der Waals surface area (Å²) in [6, 6.07) is 7.21. The Morgan fingerprint density at radius 1 is 1.08 bits per heavy atom. The van der Waals surface area contributed by atoms with Gasteiger partial charge in [-0.1, -0.05) is 56.3 Å². The van der Waals surface area contributed by atoms with Gasteiger partial charge in [0.1, 0.15) is 0 Å². The fourth-order valence-corrected chi connectivity index (χ4v) is 2.49. The molecule has 0 aliphatic heterocycles. The van der Waals surface area contributed by atoms with Crippen molar-refractivity contribution < 1.29 is 9.59 Å². The van der Waals surface area contributed by atoms with Crippen LogP contribution in [0.25, 0.3) is 0 Å². The number of carbonyl (C=O) groups is 2. The second-order valence-electron chi connectivity index (χ2n) is 6.29. The van der Waals surface area contributed by atoms with Gasteiger partial charge in [0.2, 0.25) is 0 Å². The zero-order valence-electron chi connectivity index (χ0n) is 14.4. The summed E-state index contributed by atoms with van der Waals surface area (Å²) in [6.45, 7) is 6.28. The molecule has 2 aromatic rings. The van der Waals surface area contributed by atoms with Crippen molar-refractivity contribution >= 4 is 35.2 Å². The highest BCUT2D eigenvalue weighted by molar-refractivity contribution is 7.98. The fourth-order valence-electron chi connectivity index (χ4n) is 1.98. The number of amides is 2. The van der Waals surface area contributed by atoms with Crippen LogP contribution >= 0.6 is 23.4 Å². The number of aromatic nitrogens is 2. The highest BCUT2D eigenvalue weighted by atomic mass is 35.5. The maximum atomic E-state index is 12.2. The van der Waals surface area contributed by atoms with Gasteiger partial charge in [0.15, 0.2) is 10.9 Å². The topological polar surface area (TPSA) is 84.0 Å². The van der Waals surface area contributed by atoms with E-state index in [9.17, 15) is 9.59 Å². The van der Waals surface area contributed by atoms with Crippen LogP contribution < -0.4 is 10.9 Å². The van der Waals surface area contributed by atoms with E-state index in [0.29, 0.717) is 10.7 Å². The predicted molar refractivity (Wildman–Crippen MR) is 98.9 cm³/mol. The normalized spacial score (nSPS) is 11.1. The molecule has 2 rings (SSSR count). The Morgan fingerprint density at radius 3 is 2.24 bits per heavy atom. The van der Waals surface area contributed by atoms with Crippen molar-refractivity contribution in [2.24, 2.45) is 0 Å². The first kappa shape index (κ1) is 19.2. The number of rotatable bonds is 3. The molecule has 1 aromatic heterocycles. The SMILES string of the molecule is CSc1ncc(Cl)c(C(=O)NNC(=O)c2ccc(C(C)(C)C)cc2)n1. The van der Waals surface area contributed by atoms with Gasteiger partial charge in [-0.3, -0.25) is 20.4 Å². The lowest BCUT2D eigenvalue weighted by Crippen LogP contribution is -2.42. The molecule has 8 heteroatoms. The molecule has 2 amide bonds. The van der Waals surface area contributed by atoms with Gasteiger partial charge in [0, 0.05) is 5.56 Å². The van der Waals surface area contributed by atoms with Crippen molar-refractivity contribution in [3.05, 3.63) is 52.3 Å². The summed E-state index contributed by atoms with van der Waals surface area (Å²) in [5.74, 6) is -1.04. The Morgan fingerprint density at radius 2 is 1.68 bits per heavy atom. The molecular weight excluding hydrogens is 360 g/mol. The highest BCUT2D eigenvalue weighted by Gasteiger charge is 2.17. The van der Waals surface area contributed by atoms with Gasteiger partial charge in [0.05, 0.1) is 11.2 Å². The standard InChI is InChI=1S/C17H19ClN4O2S/c1-17(2,3)11-7-5-10(6-8-11)14(23)21-22-15(24)13-12(18)9-19-16(20-13)25-4/h5-9H,1-4H3,(H,21,23)(H,22,24). The van der Waals surface area contributed by atoms with Crippen molar-refractivity contribution in [2.75, 3.05) is 6.26 Å². The number of nitrogens with zero attached hydrogens (tertiary/aromatic N) is 2. The average molecular weight is 379 g/mol. The van der Waals surface area contributed by atoms with Crippen LogP contribution in [0.15, 0.2) is 35.6 Å². The van der Waals surface area contributed by atoms with Crippen molar-refractivity contribution in [1.82, 2.24) is 20.8 Å². The summed E-state index contributed by atoms with van der Waals surface area (Å²) >= 11 is 7.22. The molecule has 1 heterocycles. The van der Waals surface area contributed by atoms with Crippen molar-refractivity contribution in [3.8, 4) is 0 Å². The van der Waals surface area contributed by atoms with Crippen molar-refractivity contribution in [3.63, 3.8) is 0 Å². The summed E-state index contributed by atoms with van der Waals surface area (Å²) in [5.41, 5.74) is 6.23. The molecule has 25 heavy (non-hydrogen) atoms. The third-order valence-electron chi connectivity index (χ3n) is 3.42. The predicted octanol–water partition coefficient (Wildman–Crippen LogP) is 3.22. The second kappa shape index (κ2) is 7.84. The lowest BCUT2D eigenvalue weighted by molar-refractivity contribution is 0.0843. The minimum Gasteiger partial charge on any atom is -0.267 e. The third-order valence-corrected chi connectivity index (χ3v) is 4.26. The van der Waals surface area contributed by atoms with E-state index in [0.717, 1.165) is 5.56 Å². The first-order valence-electron chi connectivity index (χ1n) is 7.50. The minimum atomic E-state index is -0.609. The molecule has 2 N–H and O–H groups in total. The van der Waals surface area contributed by atoms with Crippen LogP contribution in [0.4, 0.5) is 0 Å². The summed E-state index contributed by atoms with van der Waals surface area (Å²) in [7, 11) is 0. The molecule has 6 nitrogen and oxygen atoms in total. The molecule has 0 saturated carbocycles. The first-order valence-corrected chi connectivity index (χ1v) is 9.10. The molecule has 0 fully saturated rings. The third kappa shape index (κ3) is 4.93. The molecule has 1 aromatic carbocycles. The molecule has 0 bridgehead atoms. The summed E-state index contributed by atoms with van der Waals surface area (Å²) in [5, 5.41) is 0.526. The number of benzene rings is 1. The fraction of sp³-hybridized carbons (Fsp3) is 0.294. The van der Waals surface area contributed by atoms with Gasteiger partial charge in [-0.25, -0.2) is 9.97 Å². The number of nitrogens with one attached hydrogen (secondary N) is 2. The summed E-state index contributed by atoms with van der Waals surface area (Å²) < 4.78 is 0. The second-order valence-corrected chi connectivity index (χ2v) is 7.47. The zero-order valence-corrected chi connectivity index (χ0v) is 16.0. The van der Waals surface area contributed by atoms with Crippen LogP contribution in [-0.2, 0) is 5.41 Å². The van der Waals surface area contributed by atoms with Gasteiger partial charge in [0.25, 0.3) is 11.8 Å². The number of carbonyl (C=O) groups excluding carboxylic acids is 2. The van der Waals surface area contributed by atoms with E-state index in [4.69, 9.17) is 11.6 Å². The van der Waals surface area contributed by atoms with Crippen LogP contribution in [-0.4, -0.2) is 28.0 Å². The highest BCUT2D eigenvalue weighted by Crippen LogP contribution is 2.22. The van der Waals surface area contributed by atoms with Gasteiger partial charge in [-0.05, 0) is 29.4 Å². The molecule has 0 unspecified atom stereocenters. The van der Waals surface area contributed by atoms with Gasteiger partial charge >= 0.3 is 0 Å². The molecule has 0 atom stereocenters. The molecule has 0 aliphatic carbocycles. The molecule has 0 spiro atoms. The molecule has 0 saturated heterocycles. The van der Waals surface area contributed by atoms with E-state index >= 15 is 0 Å². The van der Waals surface area contributed by atoms with Crippen LogP contribution in [0.3, 0.4) is 0 Å². The van der Waals surface area contributed by atoms with E-state index in [1.807, 2.05) is 12.1 Å². The van der Waals surface area contributed by atoms with E-state index in [-0.39, 0.29) is 16.1 Å². The van der Waals surface area contributed by atoms with E-state index in [1.54, 1.807) is 18.4 Å². The monoisotopic (exact) mass is 378 g/mol. The number of halogens is 1. The summed E-state index contributed by atoms with van der Waals surface area (Å²) in [4.78, 5) is 32.3. The number of hydrazine groups is 1. The minimum absolute atomic E-state index is 0.00197. The smallest absolute Gasteiger partial charge is 0.267 e. The molecule has 132 valence electrons. The Kier molecular flexibility index (Phi) is 6.02. The maximum absolute atomic E-state index is 12.2. The van der Waals surface area contributed by atoms with Gasteiger partial charge in [-0.2, -0.15) is 0 Å². The van der Waals surface area contributed by atoms with Crippen molar-refractivity contribution in [1.29, 1.82) is 0 Å². The van der Waals surface area contributed by atoms with Gasteiger partial charge in [-0.15, -0.1) is 0 Å². The largest absolute Gasteiger partial charge is 0.289 e. The van der Waals surface area contributed by atoms with Gasteiger partial charge < -0.3 is 0 Å². The lowest BCUT2D eigenvalue weighted by atomic mass is 9.87. The van der Waals surface area contributed by atoms with Crippen LogP contribution in [0.5, 0.6) is 0 Å². The Bertz CT molecular complexity index is 788. The number of hydrogen-bond acceptors (Lipinski definition) is 5.